The van der Waals surface area contributed by atoms with Gasteiger partial charge in [0, 0.05) is 29.1 Å². The topological polar surface area (TPSA) is 61.2 Å². The lowest BCUT2D eigenvalue weighted by molar-refractivity contribution is 0.0489. The Morgan fingerprint density at radius 3 is 2.95 bits per heavy atom. The number of pyridine rings is 2. The molecule has 6 heteroatoms. The number of hydrogen-bond donors (Lipinski definition) is 0. The van der Waals surface area contributed by atoms with Gasteiger partial charge in [-0.1, -0.05) is 0 Å². The Balaban J connectivity index is 1.92. The van der Waals surface area contributed by atoms with E-state index in [1.165, 1.54) is 16.8 Å². The fourth-order valence-electron chi connectivity index (χ4n) is 1.48. The van der Waals surface area contributed by atoms with E-state index in [0.717, 1.165) is 4.47 Å². The quantitative estimate of drug-likeness (QED) is 0.806. The lowest BCUT2D eigenvalue weighted by Crippen LogP contribution is -2.21. The van der Waals surface area contributed by atoms with Crippen LogP contribution in [0.2, 0.25) is 0 Å². The van der Waals surface area contributed by atoms with Crippen molar-refractivity contribution >= 4 is 21.9 Å². The molecule has 5 nitrogen and oxygen atoms in total. The number of rotatable bonds is 4. The van der Waals surface area contributed by atoms with Crippen LogP contribution in [-0.2, 0) is 11.3 Å². The second-order valence-corrected chi connectivity index (χ2v) is 4.67. The van der Waals surface area contributed by atoms with E-state index in [-0.39, 0.29) is 12.2 Å². The van der Waals surface area contributed by atoms with Gasteiger partial charge in [-0.15, -0.1) is 0 Å². The standard InChI is InChI=1S/C13H11BrN2O3/c14-11-3-4-12(17)16(9-11)6-7-19-13(18)10-2-1-5-15-8-10/h1-5,8-9H,6-7H2. The Morgan fingerprint density at radius 1 is 1.37 bits per heavy atom. The first-order chi connectivity index (χ1) is 9.16. The fourth-order valence-corrected chi connectivity index (χ4v) is 1.86. The van der Waals surface area contributed by atoms with Crippen molar-refractivity contribution in [2.75, 3.05) is 6.61 Å². The Bertz CT molecular complexity index is 625. The number of esters is 1. The summed E-state index contributed by atoms with van der Waals surface area (Å²) >= 11 is 3.28. The summed E-state index contributed by atoms with van der Waals surface area (Å²) in [6, 6.07) is 6.41. The monoisotopic (exact) mass is 322 g/mol. The molecule has 0 saturated heterocycles. The lowest BCUT2D eigenvalue weighted by Gasteiger charge is -2.07. The number of carbonyl (C=O) groups excluding carboxylic acids is 1. The summed E-state index contributed by atoms with van der Waals surface area (Å²) in [5.74, 6) is -0.448. The third-order valence-electron chi connectivity index (χ3n) is 2.41. The van der Waals surface area contributed by atoms with E-state index >= 15 is 0 Å². The van der Waals surface area contributed by atoms with Gasteiger partial charge in [-0.2, -0.15) is 0 Å². The molecule has 2 rings (SSSR count). The first kappa shape index (κ1) is 13.5. The van der Waals surface area contributed by atoms with E-state index in [4.69, 9.17) is 4.74 Å². The van der Waals surface area contributed by atoms with Crippen LogP contribution < -0.4 is 5.56 Å². The molecule has 2 aromatic rings. The van der Waals surface area contributed by atoms with Gasteiger partial charge in [0.25, 0.3) is 5.56 Å². The van der Waals surface area contributed by atoms with Gasteiger partial charge in [0.1, 0.15) is 6.61 Å². The van der Waals surface area contributed by atoms with Crippen molar-refractivity contribution < 1.29 is 9.53 Å². The Labute approximate surface area is 118 Å². The average Bonchev–Trinajstić information content (AvgIpc) is 2.43. The van der Waals surface area contributed by atoms with Crippen LogP contribution in [0.15, 0.2) is 52.1 Å². The zero-order chi connectivity index (χ0) is 13.7. The Kier molecular flexibility index (Phi) is 4.46. The van der Waals surface area contributed by atoms with Crippen molar-refractivity contribution in [1.82, 2.24) is 9.55 Å². The van der Waals surface area contributed by atoms with Crippen molar-refractivity contribution in [1.29, 1.82) is 0 Å². The maximum absolute atomic E-state index is 11.6. The SMILES string of the molecule is O=C(OCCn1cc(Br)ccc1=O)c1cccnc1. The second kappa shape index (κ2) is 6.29. The van der Waals surface area contributed by atoms with Gasteiger partial charge in [-0.3, -0.25) is 9.78 Å². The summed E-state index contributed by atoms with van der Waals surface area (Å²) in [7, 11) is 0. The van der Waals surface area contributed by atoms with Gasteiger partial charge in [-0.25, -0.2) is 4.79 Å². The highest BCUT2D eigenvalue weighted by Crippen LogP contribution is 2.05. The van der Waals surface area contributed by atoms with Crippen LogP contribution in [-0.4, -0.2) is 22.1 Å². The van der Waals surface area contributed by atoms with Crippen LogP contribution in [0.25, 0.3) is 0 Å². The van der Waals surface area contributed by atoms with Crippen LogP contribution in [0, 0.1) is 0 Å². The number of nitrogens with zero attached hydrogens (tertiary/aromatic N) is 2. The first-order valence-corrected chi connectivity index (χ1v) is 6.39. The van der Waals surface area contributed by atoms with E-state index in [1.54, 1.807) is 30.6 Å². The average molecular weight is 323 g/mol. The van der Waals surface area contributed by atoms with Gasteiger partial charge in [-0.05, 0) is 34.1 Å². The number of carbonyl (C=O) groups is 1. The molecule has 19 heavy (non-hydrogen) atoms. The molecule has 0 N–H and O–H groups in total. The van der Waals surface area contributed by atoms with E-state index < -0.39 is 5.97 Å². The number of halogens is 1. The van der Waals surface area contributed by atoms with Crippen LogP contribution in [0.3, 0.4) is 0 Å². The third kappa shape index (κ3) is 3.75. The zero-order valence-corrected chi connectivity index (χ0v) is 11.5. The van der Waals surface area contributed by atoms with Crippen molar-refractivity contribution in [3.63, 3.8) is 0 Å². The fraction of sp³-hybridized carbons (Fsp3) is 0.154. The summed E-state index contributed by atoms with van der Waals surface area (Å²) < 4.78 is 7.34. The maximum Gasteiger partial charge on any atom is 0.339 e. The summed E-state index contributed by atoms with van der Waals surface area (Å²) in [6.07, 6.45) is 4.67. The van der Waals surface area contributed by atoms with Gasteiger partial charge in [0.2, 0.25) is 0 Å². The summed E-state index contributed by atoms with van der Waals surface area (Å²) in [6.45, 7) is 0.439. The number of ether oxygens (including phenoxy) is 1. The van der Waals surface area contributed by atoms with Crippen LogP contribution in [0.1, 0.15) is 10.4 Å². The number of hydrogen-bond acceptors (Lipinski definition) is 4. The maximum atomic E-state index is 11.6. The van der Waals surface area contributed by atoms with Crippen molar-refractivity contribution in [2.45, 2.75) is 6.54 Å². The highest BCUT2D eigenvalue weighted by Gasteiger charge is 2.06. The molecule has 0 aliphatic rings. The molecule has 2 heterocycles. The largest absolute Gasteiger partial charge is 0.460 e. The third-order valence-corrected chi connectivity index (χ3v) is 2.88. The number of aromatic nitrogens is 2. The van der Waals surface area contributed by atoms with Gasteiger partial charge in [0.05, 0.1) is 12.1 Å². The molecular formula is C13H11BrN2O3. The molecule has 0 aliphatic heterocycles. The normalized spacial score (nSPS) is 10.2. The summed E-state index contributed by atoms with van der Waals surface area (Å²) in [5, 5.41) is 0. The lowest BCUT2D eigenvalue weighted by atomic mass is 10.3. The molecule has 0 unspecified atom stereocenters. The summed E-state index contributed by atoms with van der Waals surface area (Å²) in [5.41, 5.74) is 0.254. The first-order valence-electron chi connectivity index (χ1n) is 5.60. The zero-order valence-electron chi connectivity index (χ0n) is 9.95. The van der Waals surface area contributed by atoms with Gasteiger partial charge >= 0.3 is 5.97 Å². The molecule has 0 radical (unpaired) electrons. The molecule has 0 atom stereocenters. The van der Waals surface area contributed by atoms with Gasteiger partial charge in [0.15, 0.2) is 0 Å². The van der Waals surface area contributed by atoms with Crippen LogP contribution in [0.5, 0.6) is 0 Å². The van der Waals surface area contributed by atoms with E-state index in [0.29, 0.717) is 12.1 Å². The van der Waals surface area contributed by atoms with E-state index in [1.807, 2.05) is 0 Å². The molecule has 0 spiro atoms. The van der Waals surface area contributed by atoms with E-state index in [2.05, 4.69) is 20.9 Å². The molecule has 0 bridgehead atoms. The molecule has 0 aliphatic carbocycles. The predicted molar refractivity (Wildman–Crippen MR) is 72.9 cm³/mol. The molecule has 2 aromatic heterocycles. The van der Waals surface area contributed by atoms with Crippen LogP contribution in [0.4, 0.5) is 0 Å². The second-order valence-electron chi connectivity index (χ2n) is 3.76. The predicted octanol–water partition coefficient (Wildman–Crippen LogP) is 1.86. The Hall–Kier alpha value is -1.95. The van der Waals surface area contributed by atoms with Crippen molar-refractivity contribution in [3.05, 3.63) is 63.2 Å². The molecule has 0 aromatic carbocycles. The van der Waals surface area contributed by atoms with Crippen molar-refractivity contribution in [3.8, 4) is 0 Å². The molecule has 98 valence electrons. The summed E-state index contributed by atoms with van der Waals surface area (Å²) in [4.78, 5) is 27.0. The minimum Gasteiger partial charge on any atom is -0.460 e. The minimum absolute atomic E-state index is 0.129. The van der Waals surface area contributed by atoms with Gasteiger partial charge < -0.3 is 9.30 Å². The Morgan fingerprint density at radius 2 is 2.21 bits per heavy atom. The smallest absolute Gasteiger partial charge is 0.339 e. The molecule has 0 fully saturated rings. The van der Waals surface area contributed by atoms with Crippen LogP contribution >= 0.6 is 15.9 Å². The van der Waals surface area contributed by atoms with Crippen molar-refractivity contribution in [2.24, 2.45) is 0 Å². The highest BCUT2D eigenvalue weighted by atomic mass is 79.9. The minimum atomic E-state index is -0.448. The molecular weight excluding hydrogens is 312 g/mol. The highest BCUT2D eigenvalue weighted by molar-refractivity contribution is 9.10. The van der Waals surface area contributed by atoms with E-state index in [9.17, 15) is 9.59 Å². The molecule has 0 saturated carbocycles. The molecule has 0 amide bonds.